The van der Waals surface area contributed by atoms with E-state index in [9.17, 15) is 40.7 Å². The summed E-state index contributed by atoms with van der Waals surface area (Å²) in [5, 5.41) is 8.92. The van der Waals surface area contributed by atoms with Gasteiger partial charge in [0.25, 0.3) is 0 Å². The van der Waals surface area contributed by atoms with E-state index in [1.54, 1.807) is 20.8 Å². The van der Waals surface area contributed by atoms with Crippen molar-refractivity contribution in [1.82, 2.24) is 0 Å². The average Bonchev–Trinajstić information content (AvgIpc) is 2.59. The van der Waals surface area contributed by atoms with Crippen LogP contribution in [-0.2, 0) is 28.6 Å². The Balaban J connectivity index is 4.82. The minimum absolute atomic E-state index is 0.432. The van der Waals surface area contributed by atoms with Crippen LogP contribution in [0.5, 0.6) is 0 Å². The highest BCUT2D eigenvalue weighted by molar-refractivity contribution is 5.81. The van der Waals surface area contributed by atoms with Crippen molar-refractivity contribution in [1.29, 1.82) is 0 Å². The molecule has 0 aliphatic heterocycles. The maximum absolute atomic E-state index is 12.6. The van der Waals surface area contributed by atoms with E-state index in [-0.39, 0.29) is 0 Å². The molecule has 7 nitrogen and oxygen atoms in total. The summed E-state index contributed by atoms with van der Waals surface area (Å²) in [7, 11) is 0. The SMILES string of the molecule is CCC(C)(C)C(=O)OCC(=O)OCC(C)(C)COC(=O)C(O)(C(F)(F)F)C(F)(F)F. The van der Waals surface area contributed by atoms with Gasteiger partial charge in [-0.05, 0) is 20.3 Å². The molecule has 0 fully saturated rings. The van der Waals surface area contributed by atoms with Gasteiger partial charge >= 0.3 is 35.9 Å². The number of aliphatic hydroxyl groups is 1. The van der Waals surface area contributed by atoms with Crippen LogP contribution in [0.15, 0.2) is 0 Å². The molecule has 0 radical (unpaired) electrons. The van der Waals surface area contributed by atoms with Gasteiger partial charge in [0.1, 0.15) is 0 Å². The second kappa shape index (κ2) is 9.40. The van der Waals surface area contributed by atoms with Crippen molar-refractivity contribution >= 4 is 17.9 Å². The Morgan fingerprint density at radius 2 is 1.20 bits per heavy atom. The van der Waals surface area contributed by atoms with Gasteiger partial charge in [-0.15, -0.1) is 0 Å². The lowest BCUT2D eigenvalue weighted by atomic mass is 9.91. The lowest BCUT2D eigenvalue weighted by molar-refractivity contribution is -0.357. The summed E-state index contributed by atoms with van der Waals surface area (Å²) in [6.45, 7) is 4.91. The van der Waals surface area contributed by atoms with Crippen LogP contribution in [0.4, 0.5) is 26.3 Å². The topological polar surface area (TPSA) is 99.1 Å². The van der Waals surface area contributed by atoms with E-state index < -0.39 is 66.5 Å². The smallest absolute Gasteiger partial charge is 0.437 e. The van der Waals surface area contributed by atoms with E-state index in [0.717, 1.165) is 0 Å². The molecular formula is C17H24F6O7. The molecule has 0 aliphatic rings. The van der Waals surface area contributed by atoms with Crippen molar-refractivity contribution in [2.75, 3.05) is 19.8 Å². The molecule has 0 saturated heterocycles. The van der Waals surface area contributed by atoms with Gasteiger partial charge in [0, 0.05) is 5.41 Å². The van der Waals surface area contributed by atoms with Crippen LogP contribution < -0.4 is 0 Å². The van der Waals surface area contributed by atoms with Gasteiger partial charge in [0.15, 0.2) is 6.61 Å². The molecule has 0 aromatic carbocycles. The monoisotopic (exact) mass is 454 g/mol. The molecule has 0 bridgehead atoms. The first kappa shape index (κ1) is 27.9. The van der Waals surface area contributed by atoms with E-state index in [2.05, 4.69) is 4.74 Å². The van der Waals surface area contributed by atoms with Crippen molar-refractivity contribution in [3.8, 4) is 0 Å². The summed E-state index contributed by atoms with van der Waals surface area (Å²) in [5.41, 5.74) is -7.97. The van der Waals surface area contributed by atoms with Gasteiger partial charge in [-0.2, -0.15) is 26.3 Å². The van der Waals surface area contributed by atoms with Gasteiger partial charge in [-0.25, -0.2) is 9.59 Å². The zero-order valence-electron chi connectivity index (χ0n) is 17.0. The van der Waals surface area contributed by atoms with Gasteiger partial charge in [0.05, 0.1) is 18.6 Å². The molecule has 0 spiro atoms. The maximum atomic E-state index is 12.6. The normalized spacial score (nSPS) is 13.6. The fourth-order valence-corrected chi connectivity index (χ4v) is 1.58. The van der Waals surface area contributed by atoms with Gasteiger partial charge in [-0.1, -0.05) is 20.8 Å². The third-order valence-electron chi connectivity index (χ3n) is 4.09. The number of hydrogen-bond donors (Lipinski definition) is 1. The highest BCUT2D eigenvalue weighted by atomic mass is 19.4. The molecule has 0 aliphatic carbocycles. The number of halogens is 6. The lowest BCUT2D eigenvalue weighted by Crippen LogP contribution is -2.63. The molecule has 176 valence electrons. The number of carbonyl (C=O) groups excluding carboxylic acids is 3. The first-order valence-electron chi connectivity index (χ1n) is 8.57. The number of rotatable bonds is 9. The lowest BCUT2D eigenvalue weighted by Gasteiger charge is -2.31. The average molecular weight is 454 g/mol. The highest BCUT2D eigenvalue weighted by Gasteiger charge is 2.76. The van der Waals surface area contributed by atoms with E-state index in [1.165, 1.54) is 13.8 Å². The molecule has 0 aromatic rings. The van der Waals surface area contributed by atoms with E-state index in [0.29, 0.717) is 6.42 Å². The van der Waals surface area contributed by atoms with Gasteiger partial charge < -0.3 is 19.3 Å². The predicted octanol–water partition coefficient (Wildman–Crippen LogP) is 2.93. The first-order valence-corrected chi connectivity index (χ1v) is 8.57. The molecule has 0 rings (SSSR count). The van der Waals surface area contributed by atoms with Crippen LogP contribution in [0.2, 0.25) is 0 Å². The van der Waals surface area contributed by atoms with Gasteiger partial charge in [0.2, 0.25) is 0 Å². The number of esters is 3. The Morgan fingerprint density at radius 3 is 1.60 bits per heavy atom. The summed E-state index contributed by atoms with van der Waals surface area (Å²) < 4.78 is 89.1. The fourth-order valence-electron chi connectivity index (χ4n) is 1.58. The van der Waals surface area contributed by atoms with Crippen molar-refractivity contribution < 1.29 is 60.0 Å². The fraction of sp³-hybridized carbons (Fsp3) is 0.824. The highest BCUT2D eigenvalue weighted by Crippen LogP contribution is 2.44. The molecular weight excluding hydrogens is 430 g/mol. The molecule has 0 aromatic heterocycles. The standard InChI is InChI=1S/C17H24F6O7/c1-6-14(4,5)11(25)28-7-10(24)29-8-13(2,3)9-30-12(26)15(27,16(18,19)20)17(21,22)23/h27H,6-9H2,1-5H3. The number of carbonyl (C=O) groups is 3. The van der Waals surface area contributed by atoms with Crippen LogP contribution >= 0.6 is 0 Å². The quantitative estimate of drug-likeness (QED) is 0.325. The molecule has 0 unspecified atom stereocenters. The number of alkyl halides is 6. The zero-order valence-corrected chi connectivity index (χ0v) is 17.0. The Morgan fingerprint density at radius 1 is 0.767 bits per heavy atom. The van der Waals surface area contributed by atoms with Crippen LogP contribution in [0, 0.1) is 10.8 Å². The third-order valence-corrected chi connectivity index (χ3v) is 4.09. The van der Waals surface area contributed by atoms with Crippen LogP contribution in [0.25, 0.3) is 0 Å². The molecule has 0 heterocycles. The first-order chi connectivity index (χ1) is 13.2. The molecule has 0 amide bonds. The molecule has 0 atom stereocenters. The summed E-state index contributed by atoms with van der Waals surface area (Å²) >= 11 is 0. The Labute approximate surface area is 168 Å². The maximum Gasteiger partial charge on any atom is 0.437 e. The van der Waals surface area contributed by atoms with E-state index in [1.807, 2.05) is 0 Å². The van der Waals surface area contributed by atoms with Crippen molar-refractivity contribution in [2.45, 2.75) is 59.0 Å². The van der Waals surface area contributed by atoms with E-state index >= 15 is 0 Å². The molecule has 30 heavy (non-hydrogen) atoms. The minimum atomic E-state index is -6.37. The largest absolute Gasteiger partial charge is 0.462 e. The number of hydrogen-bond acceptors (Lipinski definition) is 7. The van der Waals surface area contributed by atoms with Crippen molar-refractivity contribution in [3.63, 3.8) is 0 Å². The minimum Gasteiger partial charge on any atom is -0.462 e. The van der Waals surface area contributed by atoms with Crippen LogP contribution in [-0.4, -0.2) is 60.8 Å². The summed E-state index contributed by atoms with van der Waals surface area (Å²) in [6.07, 6.45) is -12.3. The van der Waals surface area contributed by atoms with Crippen LogP contribution in [0.3, 0.4) is 0 Å². The molecule has 1 N–H and O–H groups in total. The Hall–Kier alpha value is -2.05. The Bertz CT molecular complexity index is 623. The van der Waals surface area contributed by atoms with Gasteiger partial charge in [-0.3, -0.25) is 4.79 Å². The predicted molar refractivity (Wildman–Crippen MR) is 87.8 cm³/mol. The van der Waals surface area contributed by atoms with Crippen LogP contribution in [0.1, 0.15) is 41.0 Å². The summed E-state index contributed by atoms with van der Waals surface area (Å²) in [6, 6.07) is 0. The second-order valence-electron chi connectivity index (χ2n) is 7.92. The summed E-state index contributed by atoms with van der Waals surface area (Å²) in [5.74, 6) is -4.66. The van der Waals surface area contributed by atoms with E-state index in [4.69, 9.17) is 14.6 Å². The van der Waals surface area contributed by atoms with Crippen molar-refractivity contribution in [2.24, 2.45) is 10.8 Å². The number of ether oxygens (including phenoxy) is 3. The molecule has 13 heteroatoms. The summed E-state index contributed by atoms with van der Waals surface area (Å²) in [4.78, 5) is 34.7. The van der Waals surface area contributed by atoms with Crippen molar-refractivity contribution in [3.05, 3.63) is 0 Å². The zero-order chi connectivity index (χ0) is 24.2. The molecule has 0 saturated carbocycles. The second-order valence-corrected chi connectivity index (χ2v) is 7.92. The third kappa shape index (κ3) is 7.03. The Kier molecular flexibility index (Phi) is 8.75.